The van der Waals surface area contributed by atoms with E-state index in [0.717, 1.165) is 11.4 Å². The fourth-order valence-corrected chi connectivity index (χ4v) is 2.06. The Morgan fingerprint density at radius 3 is 2.90 bits per heavy atom. The van der Waals surface area contributed by atoms with Crippen LogP contribution in [0.25, 0.3) is 0 Å². The Labute approximate surface area is 127 Å². The molecule has 3 rings (SSSR count). The first-order valence-corrected chi connectivity index (χ1v) is 6.88. The minimum Gasteiger partial charge on any atom is -0.376 e. The van der Waals surface area contributed by atoms with Gasteiger partial charge in [0.1, 0.15) is 0 Å². The molecule has 0 amide bonds. The summed E-state index contributed by atoms with van der Waals surface area (Å²) < 4.78 is 5.20. The van der Waals surface area contributed by atoms with Crippen molar-refractivity contribution in [1.29, 1.82) is 0 Å². The van der Waals surface area contributed by atoms with Gasteiger partial charge in [0.2, 0.25) is 5.89 Å². The minimum atomic E-state index is 0.454. The lowest BCUT2D eigenvalue weighted by atomic mass is 10.2. The second-order valence-corrected chi connectivity index (χ2v) is 4.90. The van der Waals surface area contributed by atoms with E-state index in [4.69, 9.17) is 16.1 Å². The van der Waals surface area contributed by atoms with Crippen LogP contribution in [-0.4, -0.2) is 15.1 Å². The third-order valence-electron chi connectivity index (χ3n) is 2.84. The van der Waals surface area contributed by atoms with Gasteiger partial charge in [-0.1, -0.05) is 28.9 Å². The maximum Gasteiger partial charge on any atom is 0.245 e. The van der Waals surface area contributed by atoms with E-state index in [1.54, 1.807) is 6.20 Å². The third-order valence-corrected chi connectivity index (χ3v) is 3.08. The summed E-state index contributed by atoms with van der Waals surface area (Å²) >= 11 is 5.92. The normalized spacial score (nSPS) is 10.5. The largest absolute Gasteiger partial charge is 0.376 e. The molecule has 106 valence electrons. The second-order valence-electron chi connectivity index (χ2n) is 4.47. The highest BCUT2D eigenvalue weighted by molar-refractivity contribution is 6.30. The highest BCUT2D eigenvalue weighted by Crippen LogP contribution is 2.15. The van der Waals surface area contributed by atoms with Crippen LogP contribution in [0.3, 0.4) is 0 Å². The Morgan fingerprint density at radius 2 is 2.10 bits per heavy atom. The Bertz CT molecular complexity index is 714. The molecular formula is C15H13ClN4O. The van der Waals surface area contributed by atoms with Gasteiger partial charge < -0.3 is 9.84 Å². The van der Waals surface area contributed by atoms with Crippen LogP contribution in [0.5, 0.6) is 0 Å². The number of nitrogens with zero attached hydrogens (tertiary/aromatic N) is 3. The van der Waals surface area contributed by atoms with Crippen molar-refractivity contribution in [2.24, 2.45) is 0 Å². The monoisotopic (exact) mass is 300 g/mol. The molecule has 0 aliphatic rings. The fourth-order valence-electron chi connectivity index (χ4n) is 1.87. The van der Waals surface area contributed by atoms with Crippen LogP contribution < -0.4 is 5.32 Å². The van der Waals surface area contributed by atoms with Gasteiger partial charge >= 0.3 is 0 Å². The summed E-state index contributed by atoms with van der Waals surface area (Å²) in [6, 6.07) is 13.2. The van der Waals surface area contributed by atoms with Crippen LogP contribution in [0, 0.1) is 0 Å². The van der Waals surface area contributed by atoms with Crippen molar-refractivity contribution in [3.8, 4) is 0 Å². The zero-order chi connectivity index (χ0) is 14.5. The third kappa shape index (κ3) is 3.79. The predicted molar refractivity (Wildman–Crippen MR) is 80.1 cm³/mol. The molecule has 0 aliphatic heterocycles. The van der Waals surface area contributed by atoms with Crippen molar-refractivity contribution in [1.82, 2.24) is 15.1 Å². The number of aromatic nitrogens is 3. The Balaban J connectivity index is 1.60. The Hall–Kier alpha value is -2.40. The summed E-state index contributed by atoms with van der Waals surface area (Å²) in [4.78, 5) is 8.56. The summed E-state index contributed by atoms with van der Waals surface area (Å²) in [6.07, 6.45) is 2.30. The molecule has 0 aliphatic carbocycles. The molecule has 1 N–H and O–H groups in total. The van der Waals surface area contributed by atoms with Crippen LogP contribution in [0.1, 0.15) is 17.4 Å². The van der Waals surface area contributed by atoms with Crippen LogP contribution >= 0.6 is 11.6 Å². The van der Waals surface area contributed by atoms with Crippen molar-refractivity contribution in [3.05, 3.63) is 71.1 Å². The maximum atomic E-state index is 5.92. The molecule has 0 unspecified atom stereocenters. The summed E-state index contributed by atoms with van der Waals surface area (Å²) in [6.45, 7) is 0.454. The highest BCUT2D eigenvalue weighted by atomic mass is 35.5. The van der Waals surface area contributed by atoms with Gasteiger partial charge in [0.05, 0.1) is 13.0 Å². The number of halogens is 1. The summed E-state index contributed by atoms with van der Waals surface area (Å²) in [5.74, 6) is 1.15. The van der Waals surface area contributed by atoms with Crippen molar-refractivity contribution in [2.75, 3.05) is 5.32 Å². The molecule has 5 nitrogen and oxygen atoms in total. The van der Waals surface area contributed by atoms with Crippen molar-refractivity contribution in [3.63, 3.8) is 0 Å². The standard InChI is InChI=1S/C15H13ClN4O/c16-11-4-3-6-12(8-11)18-10-15-19-14(20-21-15)9-13-5-1-2-7-17-13/h1-8,18H,9-10H2. The average Bonchev–Trinajstić information content (AvgIpc) is 2.94. The van der Waals surface area contributed by atoms with E-state index in [1.807, 2.05) is 42.5 Å². The molecule has 21 heavy (non-hydrogen) atoms. The number of rotatable bonds is 5. The van der Waals surface area contributed by atoms with Gasteiger partial charge in [-0.25, -0.2) is 0 Å². The van der Waals surface area contributed by atoms with Crippen LogP contribution in [0.15, 0.2) is 53.2 Å². The minimum absolute atomic E-state index is 0.454. The second kappa shape index (κ2) is 6.37. The first-order valence-electron chi connectivity index (χ1n) is 6.50. The molecule has 0 radical (unpaired) electrons. The lowest BCUT2D eigenvalue weighted by molar-refractivity contribution is 0.378. The molecule has 0 saturated heterocycles. The summed E-state index contributed by atoms with van der Waals surface area (Å²) in [5.41, 5.74) is 1.82. The first-order chi connectivity index (χ1) is 10.3. The first kappa shape index (κ1) is 13.6. The molecule has 0 atom stereocenters. The number of benzene rings is 1. The SMILES string of the molecule is Clc1cccc(NCc2nc(Cc3ccccn3)no2)c1. The van der Waals surface area contributed by atoms with Crippen molar-refractivity contribution >= 4 is 17.3 Å². The van der Waals surface area contributed by atoms with Gasteiger partial charge in [-0.15, -0.1) is 0 Å². The highest BCUT2D eigenvalue weighted by Gasteiger charge is 2.07. The van der Waals surface area contributed by atoms with Crippen LogP contribution in [0.4, 0.5) is 5.69 Å². The van der Waals surface area contributed by atoms with E-state index in [0.29, 0.717) is 29.7 Å². The van der Waals surface area contributed by atoms with Gasteiger partial charge in [0.25, 0.3) is 0 Å². The molecule has 0 fully saturated rings. The predicted octanol–water partition coefficient (Wildman–Crippen LogP) is 3.32. The lowest BCUT2D eigenvalue weighted by Crippen LogP contribution is -2.00. The van der Waals surface area contributed by atoms with E-state index in [-0.39, 0.29) is 0 Å². The molecule has 2 aromatic heterocycles. The van der Waals surface area contributed by atoms with Gasteiger partial charge in [-0.2, -0.15) is 4.98 Å². The summed E-state index contributed by atoms with van der Waals surface area (Å²) in [5, 5.41) is 7.81. The zero-order valence-electron chi connectivity index (χ0n) is 11.2. The molecule has 2 heterocycles. The van der Waals surface area contributed by atoms with Crippen molar-refractivity contribution < 1.29 is 4.52 Å². The molecule has 0 spiro atoms. The smallest absolute Gasteiger partial charge is 0.245 e. The molecule has 3 aromatic rings. The fraction of sp³-hybridized carbons (Fsp3) is 0.133. The Morgan fingerprint density at radius 1 is 1.14 bits per heavy atom. The van der Waals surface area contributed by atoms with Gasteiger partial charge in [-0.3, -0.25) is 4.98 Å². The van der Waals surface area contributed by atoms with Gasteiger partial charge in [0.15, 0.2) is 5.82 Å². The van der Waals surface area contributed by atoms with E-state index >= 15 is 0 Å². The Kier molecular flexibility index (Phi) is 4.12. The van der Waals surface area contributed by atoms with E-state index < -0.39 is 0 Å². The van der Waals surface area contributed by atoms with E-state index in [1.165, 1.54) is 0 Å². The van der Waals surface area contributed by atoms with Gasteiger partial charge in [0, 0.05) is 22.6 Å². The molecular weight excluding hydrogens is 288 g/mol. The lowest BCUT2D eigenvalue weighted by Gasteiger charge is -2.02. The molecule has 6 heteroatoms. The van der Waals surface area contributed by atoms with Crippen molar-refractivity contribution in [2.45, 2.75) is 13.0 Å². The van der Waals surface area contributed by atoms with E-state index in [9.17, 15) is 0 Å². The topological polar surface area (TPSA) is 63.8 Å². The van der Waals surface area contributed by atoms with Crippen LogP contribution in [-0.2, 0) is 13.0 Å². The summed E-state index contributed by atoms with van der Waals surface area (Å²) in [7, 11) is 0. The number of hydrogen-bond acceptors (Lipinski definition) is 5. The zero-order valence-corrected chi connectivity index (χ0v) is 11.9. The maximum absolute atomic E-state index is 5.92. The quantitative estimate of drug-likeness (QED) is 0.783. The molecule has 1 aromatic carbocycles. The average molecular weight is 301 g/mol. The van der Waals surface area contributed by atoms with Gasteiger partial charge in [-0.05, 0) is 30.3 Å². The van der Waals surface area contributed by atoms with E-state index in [2.05, 4.69) is 20.4 Å². The van der Waals surface area contributed by atoms with Crippen LogP contribution in [0.2, 0.25) is 5.02 Å². The number of hydrogen-bond donors (Lipinski definition) is 1. The molecule has 0 saturated carbocycles. The number of anilines is 1. The number of pyridine rings is 1. The number of nitrogens with one attached hydrogen (secondary N) is 1. The molecule has 0 bridgehead atoms.